The van der Waals surface area contributed by atoms with Gasteiger partial charge in [0.2, 0.25) is 0 Å². The number of nitrogens with zero attached hydrogens (tertiary/aromatic N) is 1. The Morgan fingerprint density at radius 2 is 1.55 bits per heavy atom. The highest BCUT2D eigenvalue weighted by Crippen LogP contribution is 2.23. The Morgan fingerprint density at radius 3 is 2.42 bits per heavy atom. The van der Waals surface area contributed by atoms with E-state index in [0.717, 1.165) is 10.9 Å². The van der Waals surface area contributed by atoms with Crippen LogP contribution in [0.25, 0.3) is 44.6 Å². The molecule has 0 unspecified atom stereocenters. The Morgan fingerprint density at radius 1 is 0.742 bits per heavy atom. The zero-order valence-corrected chi connectivity index (χ0v) is 16.8. The van der Waals surface area contributed by atoms with Crippen molar-refractivity contribution in [1.29, 1.82) is 0 Å². The first-order valence-corrected chi connectivity index (χ1v) is 9.97. The zero-order valence-electron chi connectivity index (χ0n) is 16.1. The molecule has 0 aliphatic carbocycles. The number of aromatic nitrogens is 1. The molecule has 5 rings (SSSR count). The van der Waals surface area contributed by atoms with E-state index < -0.39 is 11.6 Å². The Bertz CT molecular complexity index is 1590. The van der Waals surface area contributed by atoms with Gasteiger partial charge in [0.15, 0.2) is 5.43 Å². The second-order valence-electron chi connectivity index (χ2n) is 7.24. The van der Waals surface area contributed by atoms with Crippen molar-refractivity contribution < 1.29 is 8.78 Å². The lowest BCUT2D eigenvalue weighted by Crippen LogP contribution is -1.99. The first-order chi connectivity index (χ1) is 15.0. The van der Waals surface area contributed by atoms with Crippen LogP contribution in [0.5, 0.6) is 0 Å². The fourth-order valence-electron chi connectivity index (χ4n) is 3.65. The van der Waals surface area contributed by atoms with Crippen molar-refractivity contribution in [2.24, 2.45) is 0 Å². The number of hydrogen-bond acceptors (Lipinski definition) is 2. The van der Waals surface area contributed by atoms with Crippen LogP contribution in [0.15, 0.2) is 77.6 Å². The molecule has 0 saturated heterocycles. The highest BCUT2D eigenvalue weighted by Gasteiger charge is 2.07. The molecule has 2 nitrogen and oxygen atoms in total. The number of fused-ring (bicyclic) bond motifs is 3. The van der Waals surface area contributed by atoms with Crippen molar-refractivity contribution in [3.8, 4) is 0 Å². The summed E-state index contributed by atoms with van der Waals surface area (Å²) in [6.45, 7) is 0. The molecule has 0 atom stereocenters. The number of benzene rings is 3. The zero-order chi connectivity index (χ0) is 21.5. The summed E-state index contributed by atoms with van der Waals surface area (Å²) in [4.78, 5) is 17.5. The van der Waals surface area contributed by atoms with E-state index in [1.807, 2.05) is 24.3 Å². The lowest BCUT2D eigenvalue weighted by Gasteiger charge is -2.01. The van der Waals surface area contributed by atoms with Crippen LogP contribution in [-0.2, 0) is 0 Å². The van der Waals surface area contributed by atoms with Crippen LogP contribution in [0.3, 0.4) is 0 Å². The first-order valence-electron chi connectivity index (χ1n) is 9.59. The van der Waals surface area contributed by atoms with Crippen molar-refractivity contribution >= 4 is 56.2 Å². The van der Waals surface area contributed by atoms with Crippen molar-refractivity contribution in [2.45, 2.75) is 0 Å². The predicted molar refractivity (Wildman–Crippen MR) is 123 cm³/mol. The van der Waals surface area contributed by atoms with Gasteiger partial charge in [-0.05, 0) is 47.4 Å². The molecule has 0 saturated carbocycles. The predicted octanol–water partition coefficient (Wildman–Crippen LogP) is 7.00. The van der Waals surface area contributed by atoms with Crippen molar-refractivity contribution in [1.82, 2.24) is 4.98 Å². The van der Waals surface area contributed by atoms with E-state index in [1.165, 1.54) is 24.3 Å². The second kappa shape index (κ2) is 7.56. The molecule has 0 fully saturated rings. The Labute approximate surface area is 181 Å². The highest BCUT2D eigenvalue weighted by atomic mass is 35.5. The molecule has 0 N–H and O–H groups in total. The number of rotatable bonds is 2. The second-order valence-corrected chi connectivity index (χ2v) is 7.65. The van der Waals surface area contributed by atoms with Gasteiger partial charge in [0.05, 0.1) is 16.2 Å². The van der Waals surface area contributed by atoms with Gasteiger partial charge in [-0.25, -0.2) is 13.8 Å². The minimum atomic E-state index is -0.482. The fourth-order valence-corrected chi connectivity index (χ4v) is 3.81. The van der Waals surface area contributed by atoms with Crippen LogP contribution in [0.4, 0.5) is 8.78 Å². The largest absolute Gasteiger partial charge is 0.289 e. The average Bonchev–Trinajstić information content (AvgIpc) is 2.91. The standard InChI is InChI=1S/C26H14ClF2NO/c27-22-14-25-17(13-24(22)29)7-10-18(30-25)9-5-15-4-6-16-8-11-19-20(2-1-3-23(19)28)26(31)21(16)12-15/h1-14H. The van der Waals surface area contributed by atoms with E-state index >= 15 is 0 Å². The molecule has 150 valence electrons. The quantitative estimate of drug-likeness (QED) is 0.302. The van der Waals surface area contributed by atoms with Gasteiger partial charge in [-0.1, -0.05) is 60.1 Å². The third kappa shape index (κ3) is 3.56. The van der Waals surface area contributed by atoms with E-state index in [-0.39, 0.29) is 10.5 Å². The summed E-state index contributed by atoms with van der Waals surface area (Å²) in [5.41, 5.74) is 1.85. The third-order valence-corrected chi connectivity index (χ3v) is 5.54. The topological polar surface area (TPSA) is 30.0 Å². The molecule has 31 heavy (non-hydrogen) atoms. The summed E-state index contributed by atoms with van der Waals surface area (Å²) < 4.78 is 27.7. The van der Waals surface area contributed by atoms with E-state index in [9.17, 15) is 13.6 Å². The van der Waals surface area contributed by atoms with Gasteiger partial charge in [-0.3, -0.25) is 4.79 Å². The van der Waals surface area contributed by atoms with Crippen LogP contribution in [-0.4, -0.2) is 4.98 Å². The summed E-state index contributed by atoms with van der Waals surface area (Å²) in [7, 11) is 0. The maximum atomic E-state index is 14.1. The maximum absolute atomic E-state index is 14.1. The van der Waals surface area contributed by atoms with E-state index in [1.54, 1.807) is 36.4 Å². The Balaban J connectivity index is 1.59. The normalized spacial score (nSPS) is 11.7. The lowest BCUT2D eigenvalue weighted by atomic mass is 10.1. The summed E-state index contributed by atoms with van der Waals surface area (Å²) in [6, 6.07) is 19.8. The van der Waals surface area contributed by atoms with Gasteiger partial charge in [0.1, 0.15) is 11.6 Å². The number of pyridine rings is 1. The molecule has 0 spiro atoms. The lowest BCUT2D eigenvalue weighted by molar-refractivity contribution is 0.630. The molecule has 0 aliphatic heterocycles. The first kappa shape index (κ1) is 19.3. The molecular formula is C26H14ClF2NO. The van der Waals surface area contributed by atoms with Gasteiger partial charge < -0.3 is 0 Å². The third-order valence-electron chi connectivity index (χ3n) is 5.25. The molecule has 0 amide bonds. The summed E-state index contributed by atoms with van der Waals surface area (Å²) in [6.07, 6.45) is 3.65. The molecular weight excluding hydrogens is 416 g/mol. The molecule has 5 heteroatoms. The number of halogens is 3. The average molecular weight is 430 g/mol. The van der Waals surface area contributed by atoms with Crippen LogP contribution >= 0.6 is 11.6 Å². The van der Waals surface area contributed by atoms with E-state index in [4.69, 9.17) is 11.6 Å². The Kier molecular flexibility index (Phi) is 4.72. The number of hydrogen-bond donors (Lipinski definition) is 0. The highest BCUT2D eigenvalue weighted by molar-refractivity contribution is 6.31. The minimum Gasteiger partial charge on any atom is -0.289 e. The van der Waals surface area contributed by atoms with E-state index in [2.05, 4.69) is 4.98 Å². The fraction of sp³-hybridized carbons (Fsp3) is 0. The van der Waals surface area contributed by atoms with Gasteiger partial charge in [0.25, 0.3) is 0 Å². The molecule has 5 aromatic rings. The van der Waals surface area contributed by atoms with E-state index in [0.29, 0.717) is 32.8 Å². The minimum absolute atomic E-state index is 0.0233. The van der Waals surface area contributed by atoms with Gasteiger partial charge in [0, 0.05) is 21.5 Å². The van der Waals surface area contributed by atoms with Gasteiger partial charge in [-0.2, -0.15) is 0 Å². The molecule has 0 radical (unpaired) electrons. The Hall–Kier alpha value is -3.63. The molecule has 1 heterocycles. The molecule has 0 bridgehead atoms. The van der Waals surface area contributed by atoms with Crippen LogP contribution < -0.4 is 5.43 Å². The molecule has 0 aliphatic rings. The van der Waals surface area contributed by atoms with Crippen molar-refractivity contribution in [3.63, 3.8) is 0 Å². The van der Waals surface area contributed by atoms with Crippen LogP contribution in [0.2, 0.25) is 5.02 Å². The van der Waals surface area contributed by atoms with Gasteiger partial charge >= 0.3 is 0 Å². The van der Waals surface area contributed by atoms with Crippen molar-refractivity contribution in [2.75, 3.05) is 0 Å². The summed E-state index contributed by atoms with van der Waals surface area (Å²) >= 11 is 5.86. The molecule has 1 aromatic heterocycles. The molecule has 4 aromatic carbocycles. The van der Waals surface area contributed by atoms with Crippen LogP contribution in [0, 0.1) is 11.6 Å². The van der Waals surface area contributed by atoms with Crippen LogP contribution in [0.1, 0.15) is 11.3 Å². The summed E-state index contributed by atoms with van der Waals surface area (Å²) in [5.74, 6) is -0.901. The SMILES string of the molecule is O=c1c2cc(C=Cc3ccc4cc(F)c(Cl)cc4n3)ccc2ccc2c(F)cccc12. The summed E-state index contributed by atoms with van der Waals surface area (Å²) in [5, 5.41) is 2.57. The van der Waals surface area contributed by atoms with Crippen molar-refractivity contribution in [3.05, 3.63) is 111 Å². The maximum Gasteiger partial charge on any atom is 0.194 e. The van der Waals surface area contributed by atoms with Gasteiger partial charge in [-0.15, -0.1) is 0 Å². The smallest absolute Gasteiger partial charge is 0.194 e. The monoisotopic (exact) mass is 429 g/mol.